The maximum Gasteiger partial charge on any atom is 0.137 e. The molecule has 2 aromatic carbocycles. The fourth-order valence-electron chi connectivity index (χ4n) is 3.52. The summed E-state index contributed by atoms with van der Waals surface area (Å²) >= 11 is 0. The summed E-state index contributed by atoms with van der Waals surface area (Å²) in [5.74, 6) is 0.182. The van der Waals surface area contributed by atoms with Crippen molar-refractivity contribution < 1.29 is 4.39 Å². The largest absolute Gasteiger partial charge is 0.312 e. The van der Waals surface area contributed by atoms with E-state index in [0.29, 0.717) is 12.5 Å². The average molecular weight is 403 g/mol. The van der Waals surface area contributed by atoms with Crippen molar-refractivity contribution in [2.24, 2.45) is 5.92 Å². The number of nitrogens with zero attached hydrogens (tertiary/aromatic N) is 3. The highest BCUT2D eigenvalue weighted by Gasteiger charge is 2.27. The second-order valence-electron chi connectivity index (χ2n) is 6.81. The van der Waals surface area contributed by atoms with E-state index in [1.165, 1.54) is 23.3 Å². The van der Waals surface area contributed by atoms with Crippen LogP contribution in [0, 0.1) is 11.7 Å². The Hall–Kier alpha value is -2.32. The third-order valence-electron chi connectivity index (χ3n) is 4.96. The van der Waals surface area contributed by atoms with E-state index in [0.717, 1.165) is 25.2 Å². The molecule has 1 saturated heterocycles. The Bertz CT molecular complexity index is 855. The number of benzene rings is 2. The number of nitrogens with one attached hydrogen (secondary N) is 3. The first-order valence-corrected chi connectivity index (χ1v) is 9.13. The van der Waals surface area contributed by atoms with Crippen molar-refractivity contribution in [3.05, 3.63) is 83.7 Å². The summed E-state index contributed by atoms with van der Waals surface area (Å²) in [5.41, 5.74) is 10.1. The van der Waals surface area contributed by atoms with Crippen LogP contribution in [0.15, 0.2) is 61.2 Å². The molecule has 2 unspecified atom stereocenters. The zero-order chi connectivity index (χ0) is 18.5. The molecular weight excluding hydrogens is 379 g/mol. The van der Waals surface area contributed by atoms with Crippen LogP contribution in [0.4, 0.5) is 4.39 Å². The Morgan fingerprint density at radius 3 is 2.64 bits per heavy atom. The van der Waals surface area contributed by atoms with Gasteiger partial charge < -0.3 is 5.32 Å². The van der Waals surface area contributed by atoms with Crippen molar-refractivity contribution in [2.45, 2.75) is 19.1 Å². The van der Waals surface area contributed by atoms with Crippen LogP contribution < -0.4 is 16.2 Å². The monoisotopic (exact) mass is 402 g/mol. The molecule has 4 rings (SSSR count). The minimum atomic E-state index is -0.205. The zero-order valence-corrected chi connectivity index (χ0v) is 16.2. The minimum Gasteiger partial charge on any atom is -0.312 e. The number of halogens is 2. The summed E-state index contributed by atoms with van der Waals surface area (Å²) in [7, 11) is 0. The Morgan fingerprint density at radius 1 is 1.11 bits per heavy atom. The van der Waals surface area contributed by atoms with Crippen molar-refractivity contribution in [2.75, 3.05) is 13.1 Å². The summed E-state index contributed by atoms with van der Waals surface area (Å²) in [6.45, 7) is 3.23. The highest BCUT2D eigenvalue weighted by atomic mass is 35.5. The predicted molar refractivity (Wildman–Crippen MR) is 108 cm³/mol. The second kappa shape index (κ2) is 9.75. The molecule has 1 aromatic heterocycles. The van der Waals surface area contributed by atoms with Gasteiger partial charge in [-0.1, -0.05) is 36.4 Å². The normalized spacial score (nSPS) is 18.8. The van der Waals surface area contributed by atoms with Crippen LogP contribution in [-0.4, -0.2) is 27.9 Å². The summed E-state index contributed by atoms with van der Waals surface area (Å²) < 4.78 is 15.0. The van der Waals surface area contributed by atoms with Gasteiger partial charge >= 0.3 is 0 Å². The highest BCUT2D eigenvalue weighted by molar-refractivity contribution is 5.85. The van der Waals surface area contributed by atoms with Crippen molar-refractivity contribution in [1.82, 2.24) is 30.9 Å². The molecule has 0 saturated carbocycles. The summed E-state index contributed by atoms with van der Waals surface area (Å²) in [6, 6.07) is 15.3. The first kappa shape index (κ1) is 20.4. The maximum atomic E-state index is 13.2. The fraction of sp³-hybridized carbons (Fsp3) is 0.300. The quantitative estimate of drug-likeness (QED) is 0.566. The molecule has 1 aliphatic heterocycles. The van der Waals surface area contributed by atoms with E-state index in [2.05, 4.69) is 44.5 Å². The number of hydrogen-bond donors (Lipinski definition) is 3. The highest BCUT2D eigenvalue weighted by Crippen LogP contribution is 2.24. The topological polar surface area (TPSA) is 66.8 Å². The number of rotatable bonds is 7. The van der Waals surface area contributed by atoms with E-state index in [1.54, 1.807) is 12.7 Å². The molecule has 8 heteroatoms. The molecule has 1 fully saturated rings. The predicted octanol–water partition coefficient (Wildman–Crippen LogP) is 2.44. The standard InChI is InChI=1S/C20H23FN6.ClH/c21-19-7-5-15(6-8-19)20-18(11-24-26-20)10-22-9-16-3-1-2-4-17(16)12-27-14-23-13-25-27;/h1-8,13-14,18,20,22,24,26H,9-12H2;1H. The van der Waals surface area contributed by atoms with Gasteiger partial charge in [0, 0.05) is 25.6 Å². The van der Waals surface area contributed by atoms with Gasteiger partial charge in [-0.05, 0) is 28.8 Å². The third kappa shape index (κ3) is 4.94. The molecule has 1 aliphatic rings. The molecule has 0 aliphatic carbocycles. The molecule has 28 heavy (non-hydrogen) atoms. The summed E-state index contributed by atoms with van der Waals surface area (Å²) in [6.07, 6.45) is 3.28. The lowest BCUT2D eigenvalue weighted by Crippen LogP contribution is -2.28. The molecule has 3 aromatic rings. The summed E-state index contributed by atoms with van der Waals surface area (Å²) in [4.78, 5) is 4.00. The van der Waals surface area contributed by atoms with Crippen molar-refractivity contribution in [3.63, 3.8) is 0 Å². The first-order chi connectivity index (χ1) is 13.3. The molecule has 148 valence electrons. The lowest BCUT2D eigenvalue weighted by Gasteiger charge is -2.20. The average Bonchev–Trinajstić information content (AvgIpc) is 3.36. The first-order valence-electron chi connectivity index (χ1n) is 9.13. The van der Waals surface area contributed by atoms with Gasteiger partial charge in [0.1, 0.15) is 18.5 Å². The van der Waals surface area contributed by atoms with E-state index < -0.39 is 0 Å². The SMILES string of the molecule is Cl.Fc1ccc(C2NNCC2CNCc2ccccc2Cn2cncn2)cc1. The maximum absolute atomic E-state index is 13.2. The van der Waals surface area contributed by atoms with Gasteiger partial charge in [0.05, 0.1) is 12.6 Å². The van der Waals surface area contributed by atoms with Crippen molar-refractivity contribution >= 4 is 12.4 Å². The van der Waals surface area contributed by atoms with Crippen LogP contribution in [0.2, 0.25) is 0 Å². The number of aromatic nitrogens is 3. The lowest BCUT2D eigenvalue weighted by atomic mass is 9.95. The third-order valence-corrected chi connectivity index (χ3v) is 4.96. The van der Waals surface area contributed by atoms with Gasteiger partial charge in [-0.3, -0.25) is 5.43 Å². The van der Waals surface area contributed by atoms with Crippen LogP contribution in [0.25, 0.3) is 0 Å². The Morgan fingerprint density at radius 2 is 1.89 bits per heavy atom. The van der Waals surface area contributed by atoms with Crippen LogP contribution in [-0.2, 0) is 13.1 Å². The zero-order valence-electron chi connectivity index (χ0n) is 15.4. The molecule has 0 spiro atoms. The van der Waals surface area contributed by atoms with Gasteiger partial charge in [0.15, 0.2) is 0 Å². The number of hydrogen-bond acceptors (Lipinski definition) is 5. The van der Waals surface area contributed by atoms with Gasteiger partial charge in [0.2, 0.25) is 0 Å². The van der Waals surface area contributed by atoms with Gasteiger partial charge in [-0.2, -0.15) is 5.10 Å². The van der Waals surface area contributed by atoms with E-state index in [-0.39, 0.29) is 24.3 Å². The van der Waals surface area contributed by atoms with Gasteiger partial charge in [-0.15, -0.1) is 12.4 Å². The Labute approximate surface area is 169 Å². The fourth-order valence-corrected chi connectivity index (χ4v) is 3.52. The molecule has 0 amide bonds. The molecule has 0 radical (unpaired) electrons. The second-order valence-corrected chi connectivity index (χ2v) is 6.81. The van der Waals surface area contributed by atoms with E-state index >= 15 is 0 Å². The Kier molecular flexibility index (Phi) is 7.11. The number of hydrazine groups is 1. The van der Waals surface area contributed by atoms with Crippen LogP contribution in [0.1, 0.15) is 22.7 Å². The van der Waals surface area contributed by atoms with E-state index in [1.807, 2.05) is 22.9 Å². The van der Waals surface area contributed by atoms with Crippen LogP contribution in [0.5, 0.6) is 0 Å². The smallest absolute Gasteiger partial charge is 0.137 e. The summed E-state index contributed by atoms with van der Waals surface area (Å²) in [5, 5.41) is 7.76. The molecule has 2 atom stereocenters. The van der Waals surface area contributed by atoms with Crippen molar-refractivity contribution in [3.8, 4) is 0 Å². The van der Waals surface area contributed by atoms with Crippen LogP contribution in [0.3, 0.4) is 0 Å². The molecule has 6 nitrogen and oxygen atoms in total. The lowest BCUT2D eigenvalue weighted by molar-refractivity contribution is 0.440. The van der Waals surface area contributed by atoms with Crippen LogP contribution >= 0.6 is 12.4 Å². The van der Waals surface area contributed by atoms with Crippen molar-refractivity contribution in [1.29, 1.82) is 0 Å². The molecule has 0 bridgehead atoms. The van der Waals surface area contributed by atoms with Gasteiger partial charge in [-0.25, -0.2) is 19.5 Å². The van der Waals surface area contributed by atoms with E-state index in [4.69, 9.17) is 0 Å². The molecule has 3 N–H and O–H groups in total. The van der Waals surface area contributed by atoms with E-state index in [9.17, 15) is 4.39 Å². The Balaban J connectivity index is 0.00000225. The van der Waals surface area contributed by atoms with Gasteiger partial charge in [0.25, 0.3) is 0 Å². The minimum absolute atomic E-state index is 0. The molecular formula is C20H24ClFN6. The molecule has 2 heterocycles.